The van der Waals surface area contributed by atoms with Gasteiger partial charge in [0.1, 0.15) is 29.0 Å². The second-order valence-corrected chi connectivity index (χ2v) is 5.49. The van der Waals surface area contributed by atoms with Crippen molar-refractivity contribution in [1.29, 1.82) is 5.26 Å². The van der Waals surface area contributed by atoms with Crippen LogP contribution in [0.3, 0.4) is 0 Å². The number of benzene rings is 1. The summed E-state index contributed by atoms with van der Waals surface area (Å²) in [7, 11) is 0. The topological polar surface area (TPSA) is 33.0 Å². The molecule has 1 aromatic rings. The van der Waals surface area contributed by atoms with Gasteiger partial charge in [-0.15, -0.1) is 0 Å². The van der Waals surface area contributed by atoms with Gasteiger partial charge >= 0.3 is 6.11 Å². The second-order valence-electron chi connectivity index (χ2n) is 5.49. The molecular formula is C15H17F4NO. The third kappa shape index (κ3) is 3.46. The van der Waals surface area contributed by atoms with Gasteiger partial charge in [-0.3, -0.25) is 0 Å². The van der Waals surface area contributed by atoms with Crippen molar-refractivity contribution < 1.29 is 23.7 Å². The lowest BCUT2D eigenvalue weighted by Crippen LogP contribution is -2.37. The summed E-state index contributed by atoms with van der Waals surface area (Å²) < 4.78 is 59.4. The van der Waals surface area contributed by atoms with Crippen molar-refractivity contribution in [3.8, 4) is 11.8 Å². The molecule has 0 bridgehead atoms. The molecule has 0 aromatic heterocycles. The zero-order chi connectivity index (χ0) is 15.6. The summed E-state index contributed by atoms with van der Waals surface area (Å²) in [6.45, 7) is 2.00. The van der Waals surface area contributed by atoms with Crippen molar-refractivity contribution in [3.63, 3.8) is 0 Å². The lowest BCUT2D eigenvalue weighted by Gasteiger charge is -2.32. The van der Waals surface area contributed by atoms with E-state index in [2.05, 4.69) is 4.74 Å². The number of hydrogen-bond donors (Lipinski definition) is 0. The van der Waals surface area contributed by atoms with Crippen LogP contribution in [0.15, 0.2) is 12.1 Å². The first-order chi connectivity index (χ1) is 9.83. The van der Waals surface area contributed by atoms with E-state index in [4.69, 9.17) is 5.26 Å². The summed E-state index contributed by atoms with van der Waals surface area (Å²) in [6.07, 6.45) is -1.49. The molecule has 1 aliphatic carbocycles. The fourth-order valence-corrected chi connectivity index (χ4v) is 2.55. The number of alkyl halides is 2. The molecule has 0 N–H and O–H groups in total. The van der Waals surface area contributed by atoms with Crippen molar-refractivity contribution >= 4 is 0 Å². The summed E-state index contributed by atoms with van der Waals surface area (Å²) in [4.78, 5) is 0. The Kier molecular flexibility index (Phi) is 4.40. The zero-order valence-electron chi connectivity index (χ0n) is 11.5. The molecule has 116 valence electrons. The molecule has 21 heavy (non-hydrogen) atoms. The number of nitriles is 1. The van der Waals surface area contributed by atoms with Gasteiger partial charge < -0.3 is 4.74 Å². The first kappa shape index (κ1) is 15.6. The minimum atomic E-state index is -3.48. The molecule has 0 radical (unpaired) electrons. The van der Waals surface area contributed by atoms with Crippen LogP contribution in [0.25, 0.3) is 0 Å². The van der Waals surface area contributed by atoms with Gasteiger partial charge in [0.2, 0.25) is 0 Å². The van der Waals surface area contributed by atoms with Crippen molar-refractivity contribution in [3.05, 3.63) is 29.3 Å². The maximum absolute atomic E-state index is 14.0. The molecule has 0 atom stereocenters. The van der Waals surface area contributed by atoms with Gasteiger partial charge in [0.15, 0.2) is 0 Å². The molecule has 0 heterocycles. The fourth-order valence-electron chi connectivity index (χ4n) is 2.55. The fraction of sp³-hybridized carbons (Fsp3) is 0.533. The van der Waals surface area contributed by atoms with Crippen LogP contribution in [0.4, 0.5) is 17.6 Å². The van der Waals surface area contributed by atoms with E-state index in [1.54, 1.807) is 0 Å². The van der Waals surface area contributed by atoms with Crippen LogP contribution in [-0.2, 0) is 0 Å². The zero-order valence-corrected chi connectivity index (χ0v) is 11.5. The van der Waals surface area contributed by atoms with E-state index in [-0.39, 0.29) is 1.43 Å². The maximum atomic E-state index is 14.0. The molecule has 0 amide bonds. The van der Waals surface area contributed by atoms with Gasteiger partial charge in [0.05, 0.1) is 5.92 Å². The van der Waals surface area contributed by atoms with Gasteiger partial charge in [0.25, 0.3) is 0 Å². The van der Waals surface area contributed by atoms with E-state index in [0.717, 1.165) is 0 Å². The van der Waals surface area contributed by atoms with E-state index in [9.17, 15) is 17.6 Å². The third-order valence-electron chi connectivity index (χ3n) is 3.87. The molecule has 2 nitrogen and oxygen atoms in total. The van der Waals surface area contributed by atoms with Crippen molar-refractivity contribution in [2.24, 2.45) is 11.8 Å². The molecule has 0 spiro atoms. The molecule has 1 aliphatic rings. The smallest absolute Gasteiger partial charge is 0.400 e. The summed E-state index contributed by atoms with van der Waals surface area (Å²) in [5, 5.41) is 8.53. The Labute approximate surface area is 121 Å². The lowest BCUT2D eigenvalue weighted by molar-refractivity contribution is -0.223. The van der Waals surface area contributed by atoms with Crippen molar-refractivity contribution in [2.75, 3.05) is 0 Å². The average molecular weight is 303 g/mol. The standard InChI is InChI=1S/C15H15F4NO.H2/c1-9-2-4-10(5-3-9)15(18,19)21-11-6-13(16)12(8-20)14(17)7-11;/h6-7,9-10H,2-5H2,1H3;1H. The van der Waals surface area contributed by atoms with E-state index < -0.39 is 35.0 Å². The van der Waals surface area contributed by atoms with Gasteiger partial charge in [0, 0.05) is 13.6 Å². The van der Waals surface area contributed by atoms with E-state index in [1.807, 2.05) is 6.92 Å². The quantitative estimate of drug-likeness (QED) is 0.745. The SMILES string of the molecule is CC1CCC(C(F)(F)Oc2cc(F)c(C#N)c(F)c2)CC1.[HH]. The number of rotatable bonds is 3. The molecule has 1 aromatic carbocycles. The molecular weight excluding hydrogens is 286 g/mol. The number of hydrogen-bond acceptors (Lipinski definition) is 2. The highest BCUT2D eigenvalue weighted by molar-refractivity contribution is 5.38. The van der Waals surface area contributed by atoms with Crippen molar-refractivity contribution in [1.82, 2.24) is 0 Å². The Balaban J connectivity index is 0.00000242. The molecule has 0 unspecified atom stereocenters. The molecule has 1 fully saturated rings. The first-order valence-corrected chi connectivity index (χ1v) is 6.79. The van der Waals surface area contributed by atoms with E-state index in [0.29, 0.717) is 43.7 Å². The highest BCUT2D eigenvalue weighted by Crippen LogP contribution is 2.40. The van der Waals surface area contributed by atoms with E-state index >= 15 is 0 Å². The summed E-state index contributed by atoms with van der Waals surface area (Å²) in [6, 6.07) is 2.55. The highest BCUT2D eigenvalue weighted by atomic mass is 19.3. The Morgan fingerprint density at radius 2 is 1.71 bits per heavy atom. The van der Waals surface area contributed by atoms with Crippen LogP contribution in [-0.4, -0.2) is 6.11 Å². The minimum absolute atomic E-state index is 0. The Morgan fingerprint density at radius 3 is 2.19 bits per heavy atom. The van der Waals surface area contributed by atoms with Crippen LogP contribution >= 0.6 is 0 Å². The molecule has 0 aliphatic heterocycles. The minimum Gasteiger partial charge on any atom is -0.432 e. The van der Waals surface area contributed by atoms with Gasteiger partial charge in [-0.2, -0.15) is 14.0 Å². The normalized spacial score (nSPS) is 22.7. The number of ether oxygens (including phenoxy) is 1. The van der Waals surface area contributed by atoms with E-state index in [1.165, 1.54) is 6.07 Å². The lowest BCUT2D eigenvalue weighted by atomic mass is 9.82. The molecule has 2 rings (SSSR count). The molecule has 6 heteroatoms. The van der Waals surface area contributed by atoms with Crippen molar-refractivity contribution in [2.45, 2.75) is 38.7 Å². The molecule has 0 saturated heterocycles. The van der Waals surface area contributed by atoms with Gasteiger partial charge in [-0.25, -0.2) is 8.78 Å². The maximum Gasteiger partial charge on any atom is 0.400 e. The largest absolute Gasteiger partial charge is 0.432 e. The first-order valence-electron chi connectivity index (χ1n) is 6.79. The Hall–Kier alpha value is -1.77. The summed E-state index contributed by atoms with van der Waals surface area (Å²) >= 11 is 0. The monoisotopic (exact) mass is 303 g/mol. The van der Waals surface area contributed by atoms with Crippen LogP contribution in [0.1, 0.15) is 39.6 Å². The Morgan fingerprint density at radius 1 is 1.19 bits per heavy atom. The summed E-state index contributed by atoms with van der Waals surface area (Å²) in [5.41, 5.74) is -0.808. The Bertz CT molecular complexity index is 542. The second kappa shape index (κ2) is 5.92. The third-order valence-corrected chi connectivity index (χ3v) is 3.87. The van der Waals surface area contributed by atoms with Gasteiger partial charge in [-0.1, -0.05) is 19.8 Å². The predicted octanol–water partition coefficient (Wildman–Crippen LogP) is 4.88. The summed E-state index contributed by atoms with van der Waals surface area (Å²) in [5.74, 6) is -3.58. The van der Waals surface area contributed by atoms with Crippen LogP contribution < -0.4 is 4.74 Å². The highest BCUT2D eigenvalue weighted by Gasteiger charge is 2.43. The molecule has 1 saturated carbocycles. The number of halogens is 4. The van der Waals surface area contributed by atoms with Crippen LogP contribution in [0.5, 0.6) is 5.75 Å². The average Bonchev–Trinajstić information content (AvgIpc) is 2.38. The number of nitrogens with zero attached hydrogens (tertiary/aromatic N) is 1. The van der Waals surface area contributed by atoms with Gasteiger partial charge in [-0.05, 0) is 18.8 Å². The predicted molar refractivity (Wildman–Crippen MR) is 69.9 cm³/mol. The van der Waals surface area contributed by atoms with Crippen LogP contribution in [0, 0.1) is 34.8 Å². The van der Waals surface area contributed by atoms with Crippen LogP contribution in [0.2, 0.25) is 0 Å².